The molecule has 100 valence electrons. The van der Waals surface area contributed by atoms with Crippen LogP contribution in [0.25, 0.3) is 11.4 Å². The molecule has 0 unspecified atom stereocenters. The Bertz CT molecular complexity index is 565. The van der Waals surface area contributed by atoms with E-state index >= 15 is 0 Å². The summed E-state index contributed by atoms with van der Waals surface area (Å²) in [5.74, 6) is 0.561. The summed E-state index contributed by atoms with van der Waals surface area (Å²) in [7, 11) is 0. The van der Waals surface area contributed by atoms with Gasteiger partial charge in [0, 0.05) is 5.56 Å². The van der Waals surface area contributed by atoms with E-state index in [1.165, 1.54) is 22.9 Å². The van der Waals surface area contributed by atoms with Gasteiger partial charge in [-0.05, 0) is 30.2 Å². The van der Waals surface area contributed by atoms with Gasteiger partial charge < -0.3 is 5.11 Å². The minimum Gasteiger partial charge on any atom is -0.479 e. The van der Waals surface area contributed by atoms with E-state index in [-0.39, 0.29) is 6.01 Å². The standard InChI is InChI=1S/C14H17N3OS/c1-4-9-7-6-8-10(5-2)11(9)12-15-13(18)17-14(16-12)19-3/h6-8H,4-5H2,1-3H3,(H,15,16,17,18). The number of hydrogen-bond acceptors (Lipinski definition) is 5. The summed E-state index contributed by atoms with van der Waals surface area (Å²) in [6, 6.07) is 5.99. The molecule has 0 saturated heterocycles. The van der Waals surface area contributed by atoms with Crippen molar-refractivity contribution in [3.63, 3.8) is 0 Å². The number of aromatic hydroxyl groups is 1. The smallest absolute Gasteiger partial charge is 0.318 e. The Labute approximate surface area is 117 Å². The molecule has 0 aliphatic rings. The van der Waals surface area contributed by atoms with E-state index < -0.39 is 0 Å². The topological polar surface area (TPSA) is 58.9 Å². The van der Waals surface area contributed by atoms with Crippen LogP contribution in [0.3, 0.4) is 0 Å². The van der Waals surface area contributed by atoms with Gasteiger partial charge in [-0.2, -0.15) is 9.97 Å². The molecular weight excluding hydrogens is 258 g/mol. The Morgan fingerprint density at radius 2 is 1.68 bits per heavy atom. The zero-order chi connectivity index (χ0) is 13.8. The van der Waals surface area contributed by atoms with Crippen LogP contribution in [0.5, 0.6) is 6.01 Å². The Morgan fingerprint density at radius 3 is 2.21 bits per heavy atom. The zero-order valence-corrected chi connectivity index (χ0v) is 12.2. The van der Waals surface area contributed by atoms with Crippen LogP contribution < -0.4 is 0 Å². The monoisotopic (exact) mass is 275 g/mol. The molecule has 0 saturated carbocycles. The Hall–Kier alpha value is -1.62. The van der Waals surface area contributed by atoms with E-state index in [0.29, 0.717) is 11.0 Å². The number of thioether (sulfide) groups is 1. The Balaban J connectivity index is 2.66. The Kier molecular flexibility index (Phi) is 4.37. The minimum absolute atomic E-state index is 0.220. The van der Waals surface area contributed by atoms with E-state index in [2.05, 4.69) is 47.0 Å². The van der Waals surface area contributed by atoms with Crippen molar-refractivity contribution >= 4 is 11.8 Å². The fraction of sp³-hybridized carbons (Fsp3) is 0.357. The van der Waals surface area contributed by atoms with Crippen molar-refractivity contribution in [3.05, 3.63) is 29.3 Å². The number of aryl methyl sites for hydroxylation is 2. The van der Waals surface area contributed by atoms with Gasteiger partial charge in [-0.25, -0.2) is 4.98 Å². The third-order valence-electron chi connectivity index (χ3n) is 3.01. The van der Waals surface area contributed by atoms with Crippen LogP contribution in [-0.4, -0.2) is 26.3 Å². The minimum atomic E-state index is -0.220. The summed E-state index contributed by atoms with van der Waals surface area (Å²) in [6.07, 6.45) is 3.69. The fourth-order valence-electron chi connectivity index (χ4n) is 2.08. The third-order valence-corrected chi connectivity index (χ3v) is 3.56. The molecular formula is C14H17N3OS. The number of aromatic nitrogens is 3. The molecule has 0 aliphatic heterocycles. The number of nitrogens with zero attached hydrogens (tertiary/aromatic N) is 3. The average molecular weight is 275 g/mol. The van der Waals surface area contributed by atoms with Gasteiger partial charge in [-0.15, -0.1) is 0 Å². The highest BCUT2D eigenvalue weighted by Crippen LogP contribution is 2.28. The van der Waals surface area contributed by atoms with Gasteiger partial charge in [0.15, 0.2) is 11.0 Å². The van der Waals surface area contributed by atoms with Gasteiger partial charge in [-0.3, -0.25) is 0 Å². The van der Waals surface area contributed by atoms with Crippen LogP contribution in [0.15, 0.2) is 23.4 Å². The van der Waals surface area contributed by atoms with E-state index in [1.54, 1.807) is 0 Å². The number of benzene rings is 1. The second-order valence-corrected chi connectivity index (χ2v) is 4.88. The summed E-state index contributed by atoms with van der Waals surface area (Å²) < 4.78 is 0. The molecule has 0 aliphatic carbocycles. The van der Waals surface area contributed by atoms with E-state index in [0.717, 1.165) is 18.4 Å². The quantitative estimate of drug-likeness (QED) is 0.869. The van der Waals surface area contributed by atoms with Gasteiger partial charge in [-0.1, -0.05) is 43.8 Å². The summed E-state index contributed by atoms with van der Waals surface area (Å²) in [4.78, 5) is 12.4. The van der Waals surface area contributed by atoms with Crippen LogP contribution in [0.2, 0.25) is 0 Å². The third kappa shape index (κ3) is 2.87. The van der Waals surface area contributed by atoms with Crippen LogP contribution in [0, 0.1) is 0 Å². The molecule has 0 atom stereocenters. The molecule has 4 nitrogen and oxygen atoms in total. The molecule has 1 heterocycles. The summed E-state index contributed by atoms with van der Waals surface area (Å²) in [6.45, 7) is 4.21. The lowest BCUT2D eigenvalue weighted by atomic mass is 9.97. The van der Waals surface area contributed by atoms with Crippen molar-refractivity contribution in [2.75, 3.05) is 6.26 Å². The molecule has 0 spiro atoms. The lowest BCUT2D eigenvalue weighted by Crippen LogP contribution is -2.01. The van der Waals surface area contributed by atoms with E-state index in [4.69, 9.17) is 0 Å². The van der Waals surface area contributed by atoms with Gasteiger partial charge in [0.2, 0.25) is 0 Å². The lowest BCUT2D eigenvalue weighted by molar-refractivity contribution is 0.421. The van der Waals surface area contributed by atoms with Crippen LogP contribution in [0.1, 0.15) is 25.0 Å². The van der Waals surface area contributed by atoms with Crippen molar-refractivity contribution in [2.24, 2.45) is 0 Å². The molecule has 2 aromatic rings. The molecule has 2 rings (SSSR count). The van der Waals surface area contributed by atoms with Crippen molar-refractivity contribution < 1.29 is 5.11 Å². The molecule has 0 amide bonds. The highest BCUT2D eigenvalue weighted by Gasteiger charge is 2.14. The second-order valence-electron chi connectivity index (χ2n) is 4.10. The highest BCUT2D eigenvalue weighted by atomic mass is 32.2. The van der Waals surface area contributed by atoms with Crippen LogP contribution in [-0.2, 0) is 12.8 Å². The largest absolute Gasteiger partial charge is 0.479 e. The number of hydrogen-bond donors (Lipinski definition) is 1. The molecule has 1 N–H and O–H groups in total. The average Bonchev–Trinajstić information content (AvgIpc) is 2.45. The first kappa shape index (κ1) is 13.8. The normalized spacial score (nSPS) is 10.7. The molecule has 1 aromatic carbocycles. The zero-order valence-electron chi connectivity index (χ0n) is 11.3. The van der Waals surface area contributed by atoms with Crippen molar-refractivity contribution in [3.8, 4) is 17.4 Å². The maximum atomic E-state index is 9.64. The summed E-state index contributed by atoms with van der Waals surface area (Å²) >= 11 is 1.40. The fourth-order valence-corrected chi connectivity index (χ4v) is 2.43. The maximum Gasteiger partial charge on any atom is 0.318 e. The van der Waals surface area contributed by atoms with Gasteiger partial charge in [0.1, 0.15) is 0 Å². The molecule has 0 radical (unpaired) electrons. The van der Waals surface area contributed by atoms with Crippen LogP contribution in [0.4, 0.5) is 0 Å². The predicted octanol–water partition coefficient (Wildman–Crippen LogP) is 3.09. The van der Waals surface area contributed by atoms with Gasteiger partial charge in [0.05, 0.1) is 0 Å². The highest BCUT2D eigenvalue weighted by molar-refractivity contribution is 7.98. The van der Waals surface area contributed by atoms with Crippen molar-refractivity contribution in [2.45, 2.75) is 31.8 Å². The van der Waals surface area contributed by atoms with Gasteiger partial charge in [0.25, 0.3) is 0 Å². The molecule has 19 heavy (non-hydrogen) atoms. The van der Waals surface area contributed by atoms with Crippen molar-refractivity contribution in [1.29, 1.82) is 0 Å². The maximum absolute atomic E-state index is 9.64. The predicted molar refractivity (Wildman–Crippen MR) is 77.5 cm³/mol. The van der Waals surface area contributed by atoms with E-state index in [9.17, 15) is 5.11 Å². The number of rotatable bonds is 4. The summed E-state index contributed by atoms with van der Waals surface area (Å²) in [5.41, 5.74) is 3.41. The summed E-state index contributed by atoms with van der Waals surface area (Å²) in [5, 5.41) is 10.2. The SMILES string of the molecule is CCc1cccc(CC)c1-c1nc(O)nc(SC)n1. The van der Waals surface area contributed by atoms with Crippen LogP contribution >= 0.6 is 11.8 Å². The first-order chi connectivity index (χ1) is 9.19. The first-order valence-electron chi connectivity index (χ1n) is 6.29. The molecule has 0 fully saturated rings. The second kappa shape index (κ2) is 6.02. The molecule has 5 heteroatoms. The van der Waals surface area contributed by atoms with Crippen molar-refractivity contribution in [1.82, 2.24) is 15.0 Å². The molecule has 1 aromatic heterocycles. The molecule has 0 bridgehead atoms. The first-order valence-corrected chi connectivity index (χ1v) is 7.52. The Morgan fingerprint density at radius 1 is 1.05 bits per heavy atom. The van der Waals surface area contributed by atoms with E-state index in [1.807, 2.05) is 6.26 Å². The van der Waals surface area contributed by atoms with Gasteiger partial charge >= 0.3 is 6.01 Å². The lowest BCUT2D eigenvalue weighted by Gasteiger charge is -2.12.